The van der Waals surface area contributed by atoms with Crippen LogP contribution in [0.3, 0.4) is 0 Å². The van der Waals surface area contributed by atoms with Crippen LogP contribution in [0.4, 0.5) is 10.9 Å². The van der Waals surface area contributed by atoms with Crippen LogP contribution in [0.15, 0.2) is 0 Å². The first kappa shape index (κ1) is 16.7. The number of hydrogen-bond donors (Lipinski definition) is 2. The summed E-state index contributed by atoms with van der Waals surface area (Å²) in [6.07, 6.45) is -0.721. The van der Waals surface area contributed by atoms with Crippen molar-refractivity contribution >= 4 is 28.2 Å². The highest BCUT2D eigenvalue weighted by Crippen LogP contribution is 2.28. The number of likely N-dealkylation sites (N-methyl/N-ethyl adjacent to an activating group) is 1. The van der Waals surface area contributed by atoms with Crippen LogP contribution in [0.25, 0.3) is 0 Å². The highest BCUT2D eigenvalue weighted by Gasteiger charge is 2.22. The number of carbonyl (C=O) groups is 1. The lowest BCUT2D eigenvalue weighted by atomic mass is 10.3. The Kier molecular flexibility index (Phi) is 6.18. The van der Waals surface area contributed by atoms with E-state index in [0.717, 1.165) is 6.54 Å². The number of aromatic nitrogens is 1. The maximum atomic E-state index is 12.3. The molecule has 0 saturated carbocycles. The summed E-state index contributed by atoms with van der Waals surface area (Å²) in [7, 11) is 5.00. The number of anilines is 2. The molecule has 8 heteroatoms. The average molecular weight is 302 g/mol. The minimum atomic E-state index is -0.721. The SMILES string of the molecule is CCN(C)c1nc(N)c(C(=O)N(C)CC(O)COC)s1. The third-order valence-corrected chi connectivity index (χ3v) is 4.00. The molecule has 0 aromatic carbocycles. The van der Waals surface area contributed by atoms with Gasteiger partial charge < -0.3 is 25.4 Å². The van der Waals surface area contributed by atoms with Gasteiger partial charge in [-0.3, -0.25) is 4.79 Å². The average Bonchev–Trinajstić information content (AvgIpc) is 2.79. The number of nitrogen functional groups attached to an aromatic ring is 1. The van der Waals surface area contributed by atoms with Crippen molar-refractivity contribution < 1.29 is 14.6 Å². The molecule has 0 bridgehead atoms. The van der Waals surface area contributed by atoms with E-state index in [4.69, 9.17) is 10.5 Å². The van der Waals surface area contributed by atoms with Crippen molar-refractivity contribution in [3.05, 3.63) is 4.88 Å². The summed E-state index contributed by atoms with van der Waals surface area (Å²) < 4.78 is 4.83. The standard InChI is InChI=1S/C12H22N4O3S/c1-5-15(2)12-14-10(13)9(20-12)11(18)16(3)6-8(17)7-19-4/h8,17H,5-7,13H2,1-4H3. The van der Waals surface area contributed by atoms with Crippen molar-refractivity contribution in [2.75, 3.05) is 51.5 Å². The van der Waals surface area contributed by atoms with Crippen molar-refractivity contribution in [1.29, 1.82) is 0 Å². The molecule has 0 aliphatic rings. The Morgan fingerprint density at radius 3 is 2.75 bits per heavy atom. The van der Waals surface area contributed by atoms with Crippen LogP contribution in [0.2, 0.25) is 0 Å². The Balaban J connectivity index is 2.78. The van der Waals surface area contributed by atoms with Gasteiger partial charge in [0.2, 0.25) is 0 Å². The van der Waals surface area contributed by atoms with Crippen LogP contribution in [0.1, 0.15) is 16.6 Å². The lowest BCUT2D eigenvalue weighted by Crippen LogP contribution is -2.36. The third-order valence-electron chi connectivity index (χ3n) is 2.83. The fraction of sp³-hybridized carbons (Fsp3) is 0.667. The number of ether oxygens (including phenoxy) is 1. The maximum absolute atomic E-state index is 12.3. The predicted octanol–water partition coefficient (Wildman–Crippen LogP) is 0.261. The summed E-state index contributed by atoms with van der Waals surface area (Å²) in [5.74, 6) is -0.0192. The summed E-state index contributed by atoms with van der Waals surface area (Å²) in [5.41, 5.74) is 5.80. The number of methoxy groups -OCH3 is 1. The van der Waals surface area contributed by atoms with Gasteiger partial charge in [-0.15, -0.1) is 0 Å². The molecule has 1 aromatic heterocycles. The lowest BCUT2D eigenvalue weighted by molar-refractivity contribution is 0.0382. The van der Waals surface area contributed by atoms with E-state index in [1.165, 1.54) is 23.3 Å². The van der Waals surface area contributed by atoms with Crippen LogP contribution in [0.5, 0.6) is 0 Å². The van der Waals surface area contributed by atoms with Gasteiger partial charge in [-0.1, -0.05) is 11.3 Å². The molecule has 0 spiro atoms. The summed E-state index contributed by atoms with van der Waals surface area (Å²) in [6.45, 7) is 3.14. The molecular formula is C12H22N4O3S. The Labute approximate surface area is 123 Å². The van der Waals surface area contributed by atoms with Gasteiger partial charge in [0.25, 0.3) is 5.91 Å². The fourth-order valence-corrected chi connectivity index (χ4v) is 2.59. The quantitative estimate of drug-likeness (QED) is 0.751. The van der Waals surface area contributed by atoms with E-state index in [1.54, 1.807) is 7.05 Å². The minimum absolute atomic E-state index is 0.180. The van der Waals surface area contributed by atoms with Gasteiger partial charge in [-0.2, -0.15) is 0 Å². The van der Waals surface area contributed by atoms with E-state index in [-0.39, 0.29) is 24.9 Å². The summed E-state index contributed by atoms with van der Waals surface area (Å²) in [4.78, 5) is 20.2. The van der Waals surface area contributed by atoms with Gasteiger partial charge in [0.05, 0.1) is 12.7 Å². The molecule has 0 aliphatic carbocycles. The number of aliphatic hydroxyl groups is 1. The van der Waals surface area contributed by atoms with Crippen molar-refractivity contribution in [2.24, 2.45) is 0 Å². The molecule has 0 fully saturated rings. The van der Waals surface area contributed by atoms with E-state index < -0.39 is 6.10 Å². The van der Waals surface area contributed by atoms with Gasteiger partial charge in [0, 0.05) is 34.3 Å². The Bertz CT molecular complexity index is 452. The van der Waals surface area contributed by atoms with Crippen LogP contribution >= 0.6 is 11.3 Å². The van der Waals surface area contributed by atoms with Crippen LogP contribution in [-0.4, -0.2) is 67.9 Å². The molecule has 1 heterocycles. The molecule has 0 saturated heterocycles. The molecule has 3 N–H and O–H groups in total. The molecule has 0 radical (unpaired) electrons. The second kappa shape index (κ2) is 7.41. The zero-order valence-electron chi connectivity index (χ0n) is 12.3. The number of carbonyl (C=O) groups excluding carboxylic acids is 1. The van der Waals surface area contributed by atoms with Crippen molar-refractivity contribution in [1.82, 2.24) is 9.88 Å². The first-order valence-corrected chi connectivity index (χ1v) is 7.12. The molecule has 1 atom stereocenters. The van der Waals surface area contributed by atoms with Gasteiger partial charge in [-0.25, -0.2) is 4.98 Å². The highest BCUT2D eigenvalue weighted by atomic mass is 32.1. The Morgan fingerprint density at radius 2 is 2.20 bits per heavy atom. The zero-order valence-corrected chi connectivity index (χ0v) is 13.1. The lowest BCUT2D eigenvalue weighted by Gasteiger charge is -2.19. The monoisotopic (exact) mass is 302 g/mol. The maximum Gasteiger partial charge on any atom is 0.267 e. The number of aliphatic hydroxyl groups excluding tert-OH is 1. The van der Waals surface area contributed by atoms with Crippen LogP contribution < -0.4 is 10.6 Å². The summed E-state index contributed by atoms with van der Waals surface area (Å²) in [6, 6.07) is 0. The van der Waals surface area contributed by atoms with Crippen molar-refractivity contribution in [3.8, 4) is 0 Å². The zero-order chi connectivity index (χ0) is 15.3. The van der Waals surface area contributed by atoms with E-state index in [2.05, 4.69) is 4.98 Å². The fourth-order valence-electron chi connectivity index (χ4n) is 1.59. The number of hydrogen-bond acceptors (Lipinski definition) is 7. The van der Waals surface area contributed by atoms with E-state index >= 15 is 0 Å². The van der Waals surface area contributed by atoms with E-state index in [0.29, 0.717) is 10.0 Å². The molecule has 114 valence electrons. The number of rotatable bonds is 7. The van der Waals surface area contributed by atoms with Crippen LogP contribution in [-0.2, 0) is 4.74 Å². The number of nitrogens with two attached hydrogens (primary N) is 1. The van der Waals surface area contributed by atoms with E-state index in [9.17, 15) is 9.90 Å². The topological polar surface area (TPSA) is 91.9 Å². The Hall–Kier alpha value is -1.38. The second-order valence-electron chi connectivity index (χ2n) is 4.52. The molecule has 0 aliphatic heterocycles. The van der Waals surface area contributed by atoms with Gasteiger partial charge >= 0.3 is 0 Å². The molecular weight excluding hydrogens is 280 g/mol. The van der Waals surface area contributed by atoms with Gasteiger partial charge in [0.15, 0.2) is 5.13 Å². The smallest absolute Gasteiger partial charge is 0.267 e. The largest absolute Gasteiger partial charge is 0.389 e. The van der Waals surface area contributed by atoms with Gasteiger partial charge in [-0.05, 0) is 6.92 Å². The van der Waals surface area contributed by atoms with Crippen molar-refractivity contribution in [2.45, 2.75) is 13.0 Å². The number of amides is 1. The van der Waals surface area contributed by atoms with E-state index in [1.807, 2.05) is 18.9 Å². The molecule has 1 aromatic rings. The summed E-state index contributed by atoms with van der Waals surface area (Å²) >= 11 is 1.25. The third kappa shape index (κ3) is 4.06. The number of thiazole rings is 1. The highest BCUT2D eigenvalue weighted by molar-refractivity contribution is 7.18. The molecule has 1 rings (SSSR count). The molecule has 1 amide bonds. The van der Waals surface area contributed by atoms with Crippen LogP contribution in [0, 0.1) is 0 Å². The number of nitrogens with zero attached hydrogens (tertiary/aromatic N) is 3. The normalized spacial score (nSPS) is 12.2. The predicted molar refractivity (Wildman–Crippen MR) is 80.3 cm³/mol. The van der Waals surface area contributed by atoms with Gasteiger partial charge in [0.1, 0.15) is 10.7 Å². The second-order valence-corrected chi connectivity index (χ2v) is 5.50. The first-order valence-electron chi connectivity index (χ1n) is 6.30. The first-order chi connectivity index (χ1) is 9.40. The summed E-state index contributed by atoms with van der Waals surface area (Å²) in [5, 5.41) is 10.4. The molecule has 20 heavy (non-hydrogen) atoms. The van der Waals surface area contributed by atoms with Crippen molar-refractivity contribution in [3.63, 3.8) is 0 Å². The molecule has 7 nitrogen and oxygen atoms in total. The molecule has 1 unspecified atom stereocenters. The Morgan fingerprint density at radius 1 is 1.55 bits per heavy atom. The minimum Gasteiger partial charge on any atom is -0.389 e.